The molecule has 1 rings (SSSR count). The predicted molar refractivity (Wildman–Crippen MR) is 80.7 cm³/mol. The average molecular weight is 308 g/mol. The van der Waals surface area contributed by atoms with Gasteiger partial charge in [0.1, 0.15) is 5.60 Å². The smallest absolute Gasteiger partial charge is 0.305 e. The molecule has 3 N–H and O–H groups in total. The maximum atomic E-state index is 11.9. The summed E-state index contributed by atoms with van der Waals surface area (Å²) >= 11 is 0. The maximum absolute atomic E-state index is 11.9. The Balaban J connectivity index is 2.61. The highest BCUT2D eigenvalue weighted by molar-refractivity contribution is 5.98. The van der Waals surface area contributed by atoms with Crippen molar-refractivity contribution < 1.29 is 24.2 Å². The third-order valence-corrected chi connectivity index (χ3v) is 3.09. The Kier molecular flexibility index (Phi) is 6.06. The van der Waals surface area contributed by atoms with Crippen LogP contribution in [0.1, 0.15) is 30.6 Å². The fraction of sp³-hybridized carbons (Fsp3) is 0.400. The molecule has 0 saturated carbocycles. The van der Waals surface area contributed by atoms with E-state index >= 15 is 0 Å². The van der Waals surface area contributed by atoms with E-state index < -0.39 is 11.6 Å². The zero-order chi connectivity index (χ0) is 16.8. The largest absolute Gasteiger partial charge is 0.481 e. The molecule has 1 aromatic rings. The van der Waals surface area contributed by atoms with E-state index in [4.69, 9.17) is 9.84 Å². The average Bonchev–Trinajstić information content (AvgIpc) is 2.47. The number of methoxy groups -OCH3 is 1. The third kappa shape index (κ3) is 5.17. The normalized spacial score (nSPS) is 10.9. The Morgan fingerprint density at radius 3 is 2.27 bits per heavy atom. The van der Waals surface area contributed by atoms with Gasteiger partial charge in [0.2, 0.25) is 0 Å². The van der Waals surface area contributed by atoms with E-state index in [-0.39, 0.29) is 24.8 Å². The van der Waals surface area contributed by atoms with Gasteiger partial charge in [0.15, 0.2) is 0 Å². The molecule has 2 amide bonds. The van der Waals surface area contributed by atoms with Gasteiger partial charge in [-0.3, -0.25) is 14.4 Å². The molecular formula is C15H20N2O5. The van der Waals surface area contributed by atoms with E-state index in [9.17, 15) is 14.4 Å². The Bertz CT molecular complexity index is 552. The van der Waals surface area contributed by atoms with E-state index in [1.807, 2.05) is 0 Å². The van der Waals surface area contributed by atoms with Crippen molar-refractivity contribution >= 4 is 23.5 Å². The van der Waals surface area contributed by atoms with Gasteiger partial charge < -0.3 is 20.5 Å². The van der Waals surface area contributed by atoms with Crippen LogP contribution >= 0.6 is 0 Å². The Morgan fingerprint density at radius 2 is 1.77 bits per heavy atom. The van der Waals surface area contributed by atoms with Crippen molar-refractivity contribution in [2.45, 2.75) is 25.9 Å². The first-order valence-electron chi connectivity index (χ1n) is 6.73. The zero-order valence-electron chi connectivity index (χ0n) is 12.8. The zero-order valence-corrected chi connectivity index (χ0v) is 12.8. The Labute approximate surface area is 128 Å². The Hall–Kier alpha value is -2.41. The van der Waals surface area contributed by atoms with Crippen LogP contribution in [0.15, 0.2) is 24.3 Å². The topological polar surface area (TPSA) is 105 Å². The maximum Gasteiger partial charge on any atom is 0.305 e. The molecule has 0 aliphatic carbocycles. The summed E-state index contributed by atoms with van der Waals surface area (Å²) in [6.07, 6.45) is -0.133. The van der Waals surface area contributed by atoms with E-state index in [1.165, 1.54) is 7.11 Å². The van der Waals surface area contributed by atoms with Crippen LogP contribution in [0.25, 0.3) is 0 Å². The number of hydrogen-bond donors (Lipinski definition) is 3. The van der Waals surface area contributed by atoms with Gasteiger partial charge in [-0.2, -0.15) is 0 Å². The lowest BCUT2D eigenvalue weighted by Gasteiger charge is -2.21. The van der Waals surface area contributed by atoms with Crippen LogP contribution in [0.2, 0.25) is 0 Å². The van der Waals surface area contributed by atoms with Crippen molar-refractivity contribution in [3.63, 3.8) is 0 Å². The number of hydrogen-bond acceptors (Lipinski definition) is 4. The predicted octanol–water partition coefficient (Wildman–Crippen LogP) is 1.25. The van der Waals surface area contributed by atoms with Gasteiger partial charge >= 0.3 is 5.97 Å². The molecule has 0 atom stereocenters. The van der Waals surface area contributed by atoms with Crippen molar-refractivity contribution in [1.82, 2.24) is 5.32 Å². The highest BCUT2D eigenvalue weighted by atomic mass is 16.5. The fourth-order valence-corrected chi connectivity index (χ4v) is 1.46. The molecule has 7 heteroatoms. The second kappa shape index (κ2) is 7.56. The fourth-order valence-electron chi connectivity index (χ4n) is 1.46. The van der Waals surface area contributed by atoms with Gasteiger partial charge in [-0.1, -0.05) is 0 Å². The number of aliphatic carboxylic acids is 1. The van der Waals surface area contributed by atoms with Gasteiger partial charge in [0.25, 0.3) is 11.8 Å². The SMILES string of the molecule is COC(C)(C)C(=O)Nc1ccc(C(=O)NCCC(=O)O)cc1. The molecule has 0 aliphatic rings. The van der Waals surface area contributed by atoms with Gasteiger partial charge in [-0.15, -0.1) is 0 Å². The lowest BCUT2D eigenvalue weighted by molar-refractivity contribution is -0.137. The summed E-state index contributed by atoms with van der Waals surface area (Å²) in [5.41, 5.74) is -0.0287. The molecule has 0 fully saturated rings. The number of amides is 2. The molecule has 0 aromatic heterocycles. The lowest BCUT2D eigenvalue weighted by Crippen LogP contribution is -2.38. The van der Waals surface area contributed by atoms with Crippen LogP contribution in [0.4, 0.5) is 5.69 Å². The molecule has 1 aromatic carbocycles. The number of rotatable bonds is 7. The number of benzene rings is 1. The summed E-state index contributed by atoms with van der Waals surface area (Å²) in [5, 5.41) is 13.7. The number of carboxylic acids is 1. The monoisotopic (exact) mass is 308 g/mol. The second-order valence-corrected chi connectivity index (χ2v) is 5.15. The van der Waals surface area contributed by atoms with Crippen molar-refractivity contribution in [2.24, 2.45) is 0 Å². The number of carbonyl (C=O) groups excluding carboxylic acids is 2. The minimum Gasteiger partial charge on any atom is -0.481 e. The highest BCUT2D eigenvalue weighted by Crippen LogP contribution is 2.14. The van der Waals surface area contributed by atoms with Crippen molar-refractivity contribution in [1.29, 1.82) is 0 Å². The third-order valence-electron chi connectivity index (χ3n) is 3.09. The molecule has 120 valence electrons. The van der Waals surface area contributed by atoms with E-state index in [2.05, 4.69) is 10.6 Å². The van der Waals surface area contributed by atoms with Crippen LogP contribution in [0.5, 0.6) is 0 Å². The van der Waals surface area contributed by atoms with Gasteiger partial charge in [0, 0.05) is 24.9 Å². The van der Waals surface area contributed by atoms with Crippen molar-refractivity contribution in [2.75, 3.05) is 19.0 Å². The number of nitrogens with one attached hydrogen (secondary N) is 2. The quantitative estimate of drug-likeness (QED) is 0.703. The molecule has 0 bridgehead atoms. The molecular weight excluding hydrogens is 288 g/mol. The first kappa shape index (κ1) is 17.6. The van der Waals surface area contributed by atoms with Crippen LogP contribution in [-0.4, -0.2) is 42.1 Å². The summed E-state index contributed by atoms with van der Waals surface area (Å²) in [7, 11) is 1.45. The number of carbonyl (C=O) groups is 3. The standard InChI is InChI=1S/C15H20N2O5/c1-15(2,22-3)14(21)17-11-6-4-10(5-7-11)13(20)16-9-8-12(18)19/h4-7H,8-9H2,1-3H3,(H,16,20)(H,17,21)(H,18,19). The number of anilines is 1. The van der Waals surface area contributed by atoms with Crippen LogP contribution in [-0.2, 0) is 14.3 Å². The van der Waals surface area contributed by atoms with Crippen LogP contribution in [0.3, 0.4) is 0 Å². The van der Waals surface area contributed by atoms with E-state index in [0.29, 0.717) is 11.3 Å². The molecule has 0 unspecified atom stereocenters. The second-order valence-electron chi connectivity index (χ2n) is 5.15. The van der Waals surface area contributed by atoms with Gasteiger partial charge in [0.05, 0.1) is 6.42 Å². The molecule has 22 heavy (non-hydrogen) atoms. The Morgan fingerprint density at radius 1 is 1.18 bits per heavy atom. The van der Waals surface area contributed by atoms with Crippen molar-refractivity contribution in [3.8, 4) is 0 Å². The summed E-state index contributed by atoms with van der Waals surface area (Å²) < 4.78 is 5.07. The minimum atomic E-state index is -0.973. The number of carboxylic acid groups (broad SMARTS) is 1. The first-order valence-corrected chi connectivity index (χ1v) is 6.73. The summed E-state index contributed by atoms with van der Waals surface area (Å²) in [5.74, 6) is -1.64. The first-order chi connectivity index (χ1) is 10.3. The molecule has 0 saturated heterocycles. The van der Waals surface area contributed by atoms with Crippen molar-refractivity contribution in [3.05, 3.63) is 29.8 Å². The van der Waals surface area contributed by atoms with E-state index in [0.717, 1.165) is 0 Å². The van der Waals surface area contributed by atoms with Crippen LogP contribution in [0, 0.1) is 0 Å². The molecule has 0 spiro atoms. The van der Waals surface area contributed by atoms with Gasteiger partial charge in [-0.25, -0.2) is 0 Å². The molecule has 0 heterocycles. The summed E-state index contributed by atoms with van der Waals surface area (Å²) in [4.78, 5) is 34.0. The van der Waals surface area contributed by atoms with E-state index in [1.54, 1.807) is 38.1 Å². The number of ether oxygens (including phenoxy) is 1. The summed E-state index contributed by atoms with van der Waals surface area (Å²) in [6.45, 7) is 3.36. The van der Waals surface area contributed by atoms with Gasteiger partial charge in [-0.05, 0) is 38.1 Å². The lowest BCUT2D eigenvalue weighted by atomic mass is 10.1. The highest BCUT2D eigenvalue weighted by Gasteiger charge is 2.26. The summed E-state index contributed by atoms with van der Waals surface area (Å²) in [6, 6.07) is 6.28. The minimum absolute atomic E-state index is 0.0642. The molecule has 0 radical (unpaired) electrons. The molecule has 0 aliphatic heterocycles. The molecule has 7 nitrogen and oxygen atoms in total. The van der Waals surface area contributed by atoms with Crippen LogP contribution < -0.4 is 10.6 Å².